The zero-order valence-electron chi connectivity index (χ0n) is 20.1. The number of aliphatic hydroxyl groups excluding tert-OH is 2. The second-order valence-electron chi connectivity index (χ2n) is 10.0. The molecule has 9 nitrogen and oxygen atoms in total. The fraction of sp³-hybridized carbons (Fsp3) is 0.385. The molecule has 11 heteroatoms. The summed E-state index contributed by atoms with van der Waals surface area (Å²) in [4.78, 5) is 25.2. The third kappa shape index (κ3) is 4.27. The van der Waals surface area contributed by atoms with Crippen molar-refractivity contribution in [2.24, 2.45) is 0 Å². The van der Waals surface area contributed by atoms with Crippen molar-refractivity contribution in [2.45, 2.75) is 56.5 Å². The molecule has 2 heterocycles. The summed E-state index contributed by atoms with van der Waals surface area (Å²) in [5.74, 6) is -1.58. The molecule has 200 valence electrons. The van der Waals surface area contributed by atoms with Crippen molar-refractivity contribution in [3.8, 4) is 11.5 Å². The van der Waals surface area contributed by atoms with Crippen LogP contribution in [0.1, 0.15) is 40.8 Å². The largest absolute Gasteiger partial charge is 0.586 e. The minimum Gasteiger partial charge on any atom is -0.481 e. The van der Waals surface area contributed by atoms with Crippen molar-refractivity contribution in [3.63, 3.8) is 0 Å². The van der Waals surface area contributed by atoms with Gasteiger partial charge >= 0.3 is 12.3 Å². The first kappa shape index (κ1) is 25.0. The van der Waals surface area contributed by atoms with Crippen LogP contribution in [-0.4, -0.2) is 50.8 Å². The summed E-state index contributed by atoms with van der Waals surface area (Å²) in [6.07, 6.45) is -3.77. The number of aliphatic hydroxyl groups is 2. The average molecular weight is 521 g/mol. The Morgan fingerprint density at radius 3 is 2.49 bits per heavy atom. The van der Waals surface area contributed by atoms with Crippen molar-refractivity contribution in [3.05, 3.63) is 53.7 Å². The molecule has 1 saturated carbocycles. The molecular weight excluding hydrogens is 490 g/mol. The lowest BCUT2D eigenvalue weighted by Crippen LogP contribution is -2.33. The molecule has 1 aliphatic heterocycles. The van der Waals surface area contributed by atoms with E-state index in [0.717, 1.165) is 0 Å². The van der Waals surface area contributed by atoms with Gasteiger partial charge in [-0.05, 0) is 68.7 Å². The molecule has 0 radical (unpaired) electrons. The van der Waals surface area contributed by atoms with Crippen LogP contribution >= 0.6 is 0 Å². The Morgan fingerprint density at radius 2 is 1.84 bits per heavy atom. The van der Waals surface area contributed by atoms with Crippen molar-refractivity contribution in [1.82, 2.24) is 4.57 Å². The maximum atomic E-state index is 13.4. The van der Waals surface area contributed by atoms with Crippen LogP contribution in [0.15, 0.2) is 42.5 Å². The van der Waals surface area contributed by atoms with Crippen LogP contribution < -0.4 is 14.8 Å². The van der Waals surface area contributed by atoms with Crippen molar-refractivity contribution >= 4 is 28.5 Å². The molecule has 1 aliphatic carbocycles. The summed E-state index contributed by atoms with van der Waals surface area (Å²) in [5, 5.41) is 32.7. The van der Waals surface area contributed by atoms with E-state index in [4.69, 9.17) is 0 Å². The second kappa shape index (κ2) is 8.42. The Labute approximate surface area is 213 Å². The fourth-order valence-electron chi connectivity index (χ4n) is 4.71. The van der Waals surface area contributed by atoms with Crippen molar-refractivity contribution < 1.29 is 46.0 Å². The van der Waals surface area contributed by atoms with E-state index in [1.54, 1.807) is 48.7 Å². The van der Waals surface area contributed by atoms with Gasteiger partial charge in [0.2, 0.25) is 5.91 Å². The summed E-state index contributed by atoms with van der Waals surface area (Å²) >= 11 is 0. The number of halogens is 2. The van der Waals surface area contributed by atoms with Gasteiger partial charge in [0.15, 0.2) is 11.5 Å². The zero-order valence-corrected chi connectivity index (χ0v) is 20.1. The van der Waals surface area contributed by atoms with Crippen LogP contribution in [0.3, 0.4) is 0 Å². The van der Waals surface area contributed by atoms with Crippen molar-refractivity contribution in [1.29, 1.82) is 0 Å². The van der Waals surface area contributed by atoms with Gasteiger partial charge in [-0.25, -0.2) is 0 Å². The number of amides is 1. The van der Waals surface area contributed by atoms with E-state index < -0.39 is 35.8 Å². The van der Waals surface area contributed by atoms with Crippen LogP contribution in [0.2, 0.25) is 0 Å². The number of nitrogens with one attached hydrogen (secondary N) is 1. The molecule has 1 aromatic heterocycles. The third-order valence-corrected chi connectivity index (χ3v) is 7.08. The summed E-state index contributed by atoms with van der Waals surface area (Å²) < 4.78 is 37.4. The van der Waals surface area contributed by atoms with E-state index in [1.807, 2.05) is 0 Å². The number of aliphatic carboxylic acids is 1. The van der Waals surface area contributed by atoms with E-state index >= 15 is 0 Å². The van der Waals surface area contributed by atoms with E-state index in [9.17, 15) is 33.7 Å². The number of carbonyl (C=O) groups excluding carboxylic acids is 1. The predicted molar refractivity (Wildman–Crippen MR) is 132 cm³/mol. The lowest BCUT2D eigenvalue weighted by Gasteiger charge is -2.23. The Hall–Kier alpha value is -3.70. The maximum Gasteiger partial charge on any atom is 0.586 e. The second-order valence-corrected chi connectivity index (χ2v) is 10.0. The minimum absolute atomic E-state index is 0. The Bertz CT molecular complexity index is 1420. The van der Waals surface area contributed by atoms with Crippen LogP contribution in [0, 0.1) is 0 Å². The van der Waals surface area contributed by atoms with Gasteiger partial charge in [0.05, 0.1) is 24.7 Å². The first-order chi connectivity index (χ1) is 17.4. The van der Waals surface area contributed by atoms with Gasteiger partial charge < -0.3 is 34.7 Å². The van der Waals surface area contributed by atoms with Crippen LogP contribution in [0.4, 0.5) is 14.5 Å². The number of carbonyl (C=O) groups is 2. The van der Waals surface area contributed by atoms with E-state index in [1.165, 1.54) is 12.1 Å². The molecule has 0 bridgehead atoms. The predicted octanol–water partition coefficient (Wildman–Crippen LogP) is 3.84. The number of nitrogens with zero attached hydrogens (tertiary/aromatic N) is 1. The van der Waals surface area contributed by atoms with Crippen LogP contribution in [0.5, 0.6) is 11.5 Å². The van der Waals surface area contributed by atoms with Crippen molar-refractivity contribution in [2.75, 3.05) is 11.9 Å². The quantitative estimate of drug-likeness (QED) is 0.355. The summed E-state index contributed by atoms with van der Waals surface area (Å²) in [5.41, 5.74) is -0.101. The number of anilines is 1. The SMILES string of the molecule is CC(C)(C(=O)O)c1cc2cc(NC(=O)C3(c4ccc5c(c4)OC(F)(F)O5)CC3)ccc2n1C[C@@H](O)CO.[HH].[HH]. The minimum atomic E-state index is -3.74. The highest BCUT2D eigenvalue weighted by atomic mass is 19.3. The topological polar surface area (TPSA) is 130 Å². The molecule has 1 atom stereocenters. The first-order valence-electron chi connectivity index (χ1n) is 11.7. The lowest BCUT2D eigenvalue weighted by atomic mass is 9.89. The monoisotopic (exact) mass is 520 g/mol. The maximum absolute atomic E-state index is 13.4. The number of alkyl halides is 2. The molecule has 4 N–H and O–H groups in total. The smallest absolute Gasteiger partial charge is 0.481 e. The number of benzene rings is 2. The van der Waals surface area contributed by atoms with Gasteiger partial charge in [0, 0.05) is 25.1 Å². The van der Waals surface area contributed by atoms with Gasteiger partial charge in [-0.3, -0.25) is 9.59 Å². The van der Waals surface area contributed by atoms with Gasteiger partial charge in [0.1, 0.15) is 5.41 Å². The third-order valence-electron chi connectivity index (χ3n) is 7.08. The lowest BCUT2D eigenvalue weighted by molar-refractivity contribution is -0.286. The number of carboxylic acids is 1. The number of rotatable bonds is 8. The van der Waals surface area contributed by atoms with E-state index in [-0.39, 0.29) is 26.8 Å². The molecule has 1 amide bonds. The molecule has 0 saturated heterocycles. The van der Waals surface area contributed by atoms with Gasteiger partial charge in [-0.2, -0.15) is 0 Å². The molecule has 1 fully saturated rings. The Balaban J connectivity index is 0.00000210. The zero-order chi connectivity index (χ0) is 26.8. The molecule has 5 rings (SSSR count). The number of aromatic nitrogens is 1. The molecule has 3 aromatic rings. The number of ether oxygens (including phenoxy) is 2. The fourth-order valence-corrected chi connectivity index (χ4v) is 4.71. The Kier molecular flexibility index (Phi) is 5.68. The molecular formula is C26H30F2N2O7. The van der Waals surface area contributed by atoms with E-state index in [2.05, 4.69) is 14.8 Å². The average Bonchev–Trinajstić information content (AvgIpc) is 3.48. The number of hydrogen-bond donors (Lipinski definition) is 4. The molecule has 0 unspecified atom stereocenters. The van der Waals surface area contributed by atoms with Crippen LogP contribution in [-0.2, 0) is 27.0 Å². The molecule has 0 spiro atoms. The number of carboxylic acid groups (broad SMARTS) is 1. The molecule has 2 aliphatic rings. The molecule has 2 aromatic carbocycles. The van der Waals surface area contributed by atoms with Crippen LogP contribution in [0.25, 0.3) is 10.9 Å². The highest BCUT2D eigenvalue weighted by molar-refractivity contribution is 6.02. The normalized spacial score (nSPS) is 18.0. The highest BCUT2D eigenvalue weighted by Gasteiger charge is 2.52. The highest BCUT2D eigenvalue weighted by Crippen LogP contribution is 2.52. The van der Waals surface area contributed by atoms with Gasteiger partial charge in [-0.1, -0.05) is 6.07 Å². The number of fused-ring (bicyclic) bond motifs is 2. The number of hydrogen-bond acceptors (Lipinski definition) is 6. The standard InChI is InChI=1S/C26H26F2N2O7.2H2/c1-24(2,23(34)35)21-10-14-9-16(4-5-18(14)30(21)12-17(32)13-31)29-22(33)25(7-8-25)15-3-6-19-20(11-15)37-26(27,28)36-19;;/h3-6,9-11,17,31-32H,7-8,12-13H2,1-2H3,(H,29,33)(H,34,35);2*1H/t17-;;/m1../s1. The summed E-state index contributed by atoms with van der Waals surface area (Å²) in [7, 11) is 0. The Morgan fingerprint density at radius 1 is 1.14 bits per heavy atom. The molecule has 37 heavy (non-hydrogen) atoms. The van der Waals surface area contributed by atoms with E-state index in [0.29, 0.717) is 40.7 Å². The van der Waals surface area contributed by atoms with Gasteiger partial charge in [0.25, 0.3) is 0 Å². The van der Waals surface area contributed by atoms with Gasteiger partial charge in [-0.15, -0.1) is 8.78 Å². The summed E-state index contributed by atoms with van der Waals surface area (Å²) in [6.45, 7) is 2.60. The summed E-state index contributed by atoms with van der Waals surface area (Å²) in [6, 6.07) is 11.1. The first-order valence-corrected chi connectivity index (χ1v) is 11.7.